The molecule has 2 aromatic rings. The van der Waals surface area contributed by atoms with E-state index in [-0.39, 0.29) is 34.1 Å². The van der Waals surface area contributed by atoms with Gasteiger partial charge < -0.3 is 15.1 Å². The van der Waals surface area contributed by atoms with E-state index in [1.54, 1.807) is 5.38 Å². The number of nitrogens with zero attached hydrogens (tertiary/aromatic N) is 3. The van der Waals surface area contributed by atoms with E-state index < -0.39 is 20.7 Å². The standard InChI is InChI=1S/C22H29ClFN5O3S2/c1-28-9-7-14(13-28)21(30)29(2)19-6-4-3-5-17(19)26-18-12-16(24)20(11-15(18)23)34(31,32)27-22-25-8-10-33-22/h8,10-12,14,17,19,26H,3-7,9,13H2,1-2H3,(H,25,27)/t14-,17+,19+/m1/s1. The fourth-order valence-electron chi connectivity index (χ4n) is 4.82. The first kappa shape index (κ1) is 25.2. The lowest BCUT2D eigenvalue weighted by molar-refractivity contribution is -0.136. The number of sulfonamides is 1. The summed E-state index contributed by atoms with van der Waals surface area (Å²) in [5, 5.41) is 5.15. The number of hydrogen-bond donors (Lipinski definition) is 2. The van der Waals surface area contributed by atoms with Crippen LogP contribution in [0.5, 0.6) is 0 Å². The van der Waals surface area contributed by atoms with Crippen molar-refractivity contribution in [2.45, 2.75) is 49.1 Å². The van der Waals surface area contributed by atoms with Gasteiger partial charge in [0.25, 0.3) is 10.0 Å². The lowest BCUT2D eigenvalue weighted by Gasteiger charge is -2.40. The fourth-order valence-corrected chi connectivity index (χ4v) is 6.98. The van der Waals surface area contributed by atoms with Gasteiger partial charge in [-0.3, -0.25) is 9.52 Å². The number of nitrogens with one attached hydrogen (secondary N) is 2. The van der Waals surface area contributed by atoms with Gasteiger partial charge in [0.1, 0.15) is 10.7 Å². The van der Waals surface area contributed by atoms with E-state index in [9.17, 15) is 17.6 Å². The highest BCUT2D eigenvalue weighted by molar-refractivity contribution is 7.93. The second kappa shape index (κ2) is 10.3. The second-order valence-corrected chi connectivity index (χ2v) is 12.0. The quantitative estimate of drug-likeness (QED) is 0.565. The molecule has 0 spiro atoms. The molecule has 4 rings (SSSR count). The van der Waals surface area contributed by atoms with Crippen molar-refractivity contribution < 1.29 is 17.6 Å². The van der Waals surface area contributed by atoms with Crippen LogP contribution in [0.15, 0.2) is 28.6 Å². The Kier molecular flexibility index (Phi) is 7.66. The van der Waals surface area contributed by atoms with Gasteiger partial charge in [0.2, 0.25) is 5.91 Å². The molecule has 12 heteroatoms. The summed E-state index contributed by atoms with van der Waals surface area (Å²) in [5.74, 6) is -0.787. The van der Waals surface area contributed by atoms with E-state index >= 15 is 0 Å². The van der Waals surface area contributed by atoms with Crippen LogP contribution in [0.2, 0.25) is 5.02 Å². The smallest absolute Gasteiger partial charge is 0.266 e. The predicted molar refractivity (Wildman–Crippen MR) is 132 cm³/mol. The van der Waals surface area contributed by atoms with Crippen LogP contribution in [-0.2, 0) is 14.8 Å². The number of thiazole rings is 1. The van der Waals surface area contributed by atoms with E-state index in [0.29, 0.717) is 5.69 Å². The van der Waals surface area contributed by atoms with Gasteiger partial charge in [-0.2, -0.15) is 0 Å². The van der Waals surface area contributed by atoms with E-state index in [0.717, 1.165) is 68.7 Å². The van der Waals surface area contributed by atoms with Gasteiger partial charge in [0, 0.05) is 31.2 Å². The molecule has 2 fully saturated rings. The number of aromatic nitrogens is 1. The molecule has 2 aliphatic rings. The van der Waals surface area contributed by atoms with Crippen molar-refractivity contribution in [3.05, 3.63) is 34.5 Å². The van der Waals surface area contributed by atoms with Crippen LogP contribution in [0.3, 0.4) is 0 Å². The Balaban J connectivity index is 1.51. The lowest BCUT2D eigenvalue weighted by atomic mass is 9.88. The number of carbonyl (C=O) groups excluding carboxylic acids is 1. The molecule has 2 heterocycles. The number of likely N-dealkylation sites (tertiary alicyclic amines) is 1. The highest BCUT2D eigenvalue weighted by Crippen LogP contribution is 2.33. The zero-order chi connectivity index (χ0) is 24.5. The van der Waals surface area contributed by atoms with E-state index in [2.05, 4.69) is 19.9 Å². The molecule has 1 amide bonds. The van der Waals surface area contributed by atoms with Crippen molar-refractivity contribution in [2.24, 2.45) is 5.92 Å². The third-order valence-corrected chi connectivity index (χ3v) is 9.11. The molecule has 0 radical (unpaired) electrons. The molecular formula is C22H29ClFN5O3S2. The molecule has 1 aliphatic heterocycles. The molecule has 1 aliphatic carbocycles. The number of rotatable bonds is 7. The average molecular weight is 530 g/mol. The molecule has 2 N–H and O–H groups in total. The largest absolute Gasteiger partial charge is 0.379 e. The average Bonchev–Trinajstić information content (AvgIpc) is 3.46. The summed E-state index contributed by atoms with van der Waals surface area (Å²) in [6.07, 6.45) is 5.93. The van der Waals surface area contributed by atoms with Crippen LogP contribution in [0, 0.1) is 11.7 Å². The van der Waals surface area contributed by atoms with Crippen molar-refractivity contribution in [1.82, 2.24) is 14.8 Å². The first-order valence-electron chi connectivity index (χ1n) is 11.3. The van der Waals surface area contributed by atoms with Crippen LogP contribution in [0.4, 0.5) is 15.2 Å². The Morgan fingerprint density at radius 1 is 1.29 bits per heavy atom. The minimum atomic E-state index is -4.18. The summed E-state index contributed by atoms with van der Waals surface area (Å²) >= 11 is 7.49. The van der Waals surface area contributed by atoms with Crippen LogP contribution in [0.1, 0.15) is 32.1 Å². The molecule has 1 aromatic carbocycles. The van der Waals surface area contributed by atoms with Crippen molar-refractivity contribution >= 4 is 49.7 Å². The lowest BCUT2D eigenvalue weighted by Crippen LogP contribution is -2.51. The van der Waals surface area contributed by atoms with E-state index in [4.69, 9.17) is 11.6 Å². The zero-order valence-electron chi connectivity index (χ0n) is 19.1. The number of amides is 1. The summed E-state index contributed by atoms with van der Waals surface area (Å²) in [4.78, 5) is 20.4. The Hall–Kier alpha value is -1.95. The van der Waals surface area contributed by atoms with Crippen LogP contribution < -0.4 is 10.0 Å². The first-order chi connectivity index (χ1) is 16.2. The van der Waals surface area contributed by atoms with Crippen LogP contribution in [-0.4, -0.2) is 68.4 Å². The number of halogens is 2. The van der Waals surface area contributed by atoms with Gasteiger partial charge in [-0.05, 0) is 45.0 Å². The summed E-state index contributed by atoms with van der Waals surface area (Å²) < 4.78 is 42.4. The number of hydrogen-bond acceptors (Lipinski definition) is 7. The molecule has 1 aromatic heterocycles. The van der Waals surface area contributed by atoms with Gasteiger partial charge in [0.15, 0.2) is 5.13 Å². The fraction of sp³-hybridized carbons (Fsp3) is 0.545. The molecule has 34 heavy (non-hydrogen) atoms. The number of anilines is 2. The van der Waals surface area contributed by atoms with E-state index in [1.165, 1.54) is 6.20 Å². The molecule has 3 atom stereocenters. The third-order valence-electron chi connectivity index (χ3n) is 6.62. The monoisotopic (exact) mass is 529 g/mol. The number of likely N-dealkylation sites (N-methyl/N-ethyl adjacent to an activating group) is 1. The van der Waals surface area contributed by atoms with Gasteiger partial charge >= 0.3 is 0 Å². The van der Waals surface area contributed by atoms with Crippen molar-refractivity contribution in [3.63, 3.8) is 0 Å². The molecular weight excluding hydrogens is 501 g/mol. The maximum atomic E-state index is 14.9. The Morgan fingerprint density at radius 2 is 2.06 bits per heavy atom. The predicted octanol–water partition coefficient (Wildman–Crippen LogP) is 3.87. The van der Waals surface area contributed by atoms with Crippen molar-refractivity contribution in [1.29, 1.82) is 0 Å². The minimum Gasteiger partial charge on any atom is -0.379 e. The summed E-state index contributed by atoms with van der Waals surface area (Å²) in [5.41, 5.74) is 0.311. The third kappa shape index (κ3) is 5.48. The normalized spacial score (nSPS) is 23.6. The first-order valence-corrected chi connectivity index (χ1v) is 14.0. The summed E-state index contributed by atoms with van der Waals surface area (Å²) in [6.45, 7) is 1.67. The van der Waals surface area contributed by atoms with Crippen LogP contribution in [0.25, 0.3) is 0 Å². The van der Waals surface area contributed by atoms with Gasteiger partial charge in [-0.1, -0.05) is 24.4 Å². The molecule has 186 valence electrons. The molecule has 0 unspecified atom stereocenters. The highest BCUT2D eigenvalue weighted by Gasteiger charge is 2.36. The van der Waals surface area contributed by atoms with Gasteiger partial charge in [-0.25, -0.2) is 17.8 Å². The maximum Gasteiger partial charge on any atom is 0.266 e. The number of carbonyl (C=O) groups is 1. The molecule has 1 saturated carbocycles. The summed E-state index contributed by atoms with van der Waals surface area (Å²) in [7, 11) is -0.322. The highest BCUT2D eigenvalue weighted by atomic mass is 35.5. The Labute approximate surface area is 208 Å². The van der Waals surface area contributed by atoms with Gasteiger partial charge in [0.05, 0.1) is 22.7 Å². The molecule has 1 saturated heterocycles. The maximum absolute atomic E-state index is 14.9. The number of benzene rings is 1. The minimum absolute atomic E-state index is 0.00608. The van der Waals surface area contributed by atoms with Crippen molar-refractivity contribution in [2.75, 3.05) is 37.2 Å². The van der Waals surface area contributed by atoms with Crippen LogP contribution >= 0.6 is 22.9 Å². The van der Waals surface area contributed by atoms with Crippen molar-refractivity contribution in [3.8, 4) is 0 Å². The topological polar surface area (TPSA) is 94.6 Å². The zero-order valence-corrected chi connectivity index (χ0v) is 21.5. The second-order valence-electron chi connectivity index (χ2n) is 9.00. The van der Waals surface area contributed by atoms with E-state index in [1.807, 2.05) is 19.0 Å². The SMILES string of the molecule is CN1CC[C@@H](C(=O)N(C)[C@H]2CCCC[C@@H]2Nc2cc(F)c(S(=O)(=O)Nc3nccs3)cc2Cl)C1. The molecule has 0 bridgehead atoms. The summed E-state index contributed by atoms with van der Waals surface area (Å²) in [6, 6.07) is 2.05. The Bertz CT molecular complexity index is 1130. The molecule has 8 nitrogen and oxygen atoms in total. The van der Waals surface area contributed by atoms with Gasteiger partial charge in [-0.15, -0.1) is 11.3 Å². The Morgan fingerprint density at radius 3 is 2.74 bits per heavy atom.